The van der Waals surface area contributed by atoms with Crippen molar-refractivity contribution < 1.29 is 19.8 Å². The summed E-state index contributed by atoms with van der Waals surface area (Å²) in [5.74, 6) is 1.50. The third-order valence-corrected chi connectivity index (χ3v) is 6.39. The van der Waals surface area contributed by atoms with Gasteiger partial charge in [-0.15, -0.1) is 16.4 Å². The van der Waals surface area contributed by atoms with Crippen molar-refractivity contribution in [2.24, 2.45) is 0 Å². The minimum absolute atomic E-state index is 0.207. The van der Waals surface area contributed by atoms with E-state index >= 15 is 0 Å². The molecule has 29 heavy (non-hydrogen) atoms. The second kappa shape index (κ2) is 7.55. The maximum atomic E-state index is 9.82. The van der Waals surface area contributed by atoms with Gasteiger partial charge in [0, 0.05) is 11.3 Å². The summed E-state index contributed by atoms with van der Waals surface area (Å²) in [6.45, 7) is 11.9. The first-order valence-corrected chi connectivity index (χ1v) is 10.9. The van der Waals surface area contributed by atoms with E-state index in [4.69, 9.17) is 19.8 Å². The van der Waals surface area contributed by atoms with Crippen molar-refractivity contribution in [2.45, 2.75) is 72.0 Å². The predicted octanol–water partition coefficient (Wildman–Crippen LogP) is 0.645. The van der Waals surface area contributed by atoms with E-state index in [0.717, 1.165) is 33.0 Å². The fourth-order valence-corrected chi connectivity index (χ4v) is 5.29. The third-order valence-electron chi connectivity index (χ3n) is 5.29. The first-order chi connectivity index (χ1) is 13.6. The number of thiophene rings is 1. The lowest BCUT2D eigenvalue weighted by atomic mass is 9.94. The zero-order chi connectivity index (χ0) is 20.9. The molecule has 1 aliphatic rings. The molecular formula is C20H30N5O3S+. The number of aryl methyl sites for hydroxylation is 1. The second-order valence-corrected chi connectivity index (χ2v) is 9.95. The van der Waals surface area contributed by atoms with Crippen molar-refractivity contribution in [3.8, 4) is 0 Å². The Morgan fingerprint density at radius 2 is 1.90 bits per heavy atom. The Morgan fingerprint density at radius 1 is 1.21 bits per heavy atom. The Hall–Kier alpha value is -1.65. The van der Waals surface area contributed by atoms with Crippen LogP contribution in [-0.2, 0) is 24.3 Å². The molecule has 0 aromatic carbocycles. The first kappa shape index (κ1) is 20.6. The SMILES string of the molecule is Cc1nc2sc3c(c2c2nc(C[NH+](C[C@H](C)O)C[C@@H](C)O)nn12)CC(C)(C)OC3. The van der Waals surface area contributed by atoms with Crippen LogP contribution in [0.5, 0.6) is 0 Å². The highest BCUT2D eigenvalue weighted by atomic mass is 32.1. The Balaban J connectivity index is 1.77. The normalized spacial score (nSPS) is 19.4. The number of hydrogen-bond acceptors (Lipinski definition) is 7. The van der Waals surface area contributed by atoms with Crippen molar-refractivity contribution in [3.63, 3.8) is 0 Å². The number of nitrogens with one attached hydrogen (secondary N) is 1. The van der Waals surface area contributed by atoms with Crippen molar-refractivity contribution in [1.82, 2.24) is 19.6 Å². The summed E-state index contributed by atoms with van der Waals surface area (Å²) < 4.78 is 7.81. The van der Waals surface area contributed by atoms with Crippen LogP contribution in [0.1, 0.15) is 49.8 Å². The number of nitrogens with zero attached hydrogens (tertiary/aromatic N) is 4. The molecule has 0 saturated carbocycles. The minimum Gasteiger partial charge on any atom is -0.388 e. The molecule has 0 fully saturated rings. The van der Waals surface area contributed by atoms with E-state index in [1.54, 1.807) is 25.2 Å². The van der Waals surface area contributed by atoms with Gasteiger partial charge in [-0.2, -0.15) is 4.52 Å². The number of hydrogen-bond donors (Lipinski definition) is 3. The summed E-state index contributed by atoms with van der Waals surface area (Å²) in [4.78, 5) is 12.9. The smallest absolute Gasteiger partial charge is 0.206 e. The largest absolute Gasteiger partial charge is 0.388 e. The van der Waals surface area contributed by atoms with Crippen LogP contribution in [0.15, 0.2) is 0 Å². The molecule has 0 radical (unpaired) electrons. The van der Waals surface area contributed by atoms with Crippen molar-refractivity contribution in [2.75, 3.05) is 13.1 Å². The van der Waals surface area contributed by atoms with Gasteiger partial charge in [0.15, 0.2) is 5.65 Å². The standard InChI is InChI=1S/C20H29N5O3S/c1-11(26)7-24(8-12(2)27)9-16-22-18-17-14-6-20(4,5)28-10-15(14)29-19(17)21-13(3)25(18)23-16/h11-12,26-27H,6-10H2,1-5H3/p+1/t11-,12+. The number of ether oxygens (including phenoxy) is 1. The quantitative estimate of drug-likeness (QED) is 0.542. The Kier molecular flexibility index (Phi) is 5.37. The van der Waals surface area contributed by atoms with E-state index < -0.39 is 12.2 Å². The van der Waals surface area contributed by atoms with E-state index in [9.17, 15) is 10.2 Å². The molecule has 0 aliphatic carbocycles. The molecule has 0 bridgehead atoms. The highest BCUT2D eigenvalue weighted by Gasteiger charge is 2.31. The van der Waals surface area contributed by atoms with E-state index in [-0.39, 0.29) is 5.60 Å². The van der Waals surface area contributed by atoms with Crippen LogP contribution in [0.2, 0.25) is 0 Å². The lowest BCUT2D eigenvalue weighted by Gasteiger charge is -2.30. The summed E-state index contributed by atoms with van der Waals surface area (Å²) in [6.07, 6.45) is -0.0872. The summed E-state index contributed by atoms with van der Waals surface area (Å²) in [5.41, 5.74) is 1.90. The Labute approximate surface area is 174 Å². The molecule has 3 aromatic heterocycles. The first-order valence-electron chi connectivity index (χ1n) is 10.1. The van der Waals surface area contributed by atoms with Crippen LogP contribution < -0.4 is 4.90 Å². The second-order valence-electron chi connectivity index (χ2n) is 8.86. The third kappa shape index (κ3) is 4.15. The molecule has 0 amide bonds. The van der Waals surface area contributed by atoms with Crippen LogP contribution in [0.3, 0.4) is 0 Å². The summed E-state index contributed by atoms with van der Waals surface area (Å²) in [7, 11) is 0. The highest BCUT2D eigenvalue weighted by Crippen LogP contribution is 2.39. The minimum atomic E-state index is -0.456. The summed E-state index contributed by atoms with van der Waals surface area (Å²) in [6, 6.07) is 0. The van der Waals surface area contributed by atoms with Crippen molar-refractivity contribution in [1.29, 1.82) is 0 Å². The molecule has 3 atom stereocenters. The van der Waals surface area contributed by atoms with E-state index in [2.05, 4.69) is 13.8 Å². The highest BCUT2D eigenvalue weighted by molar-refractivity contribution is 7.19. The molecule has 1 unspecified atom stereocenters. The maximum absolute atomic E-state index is 9.82. The lowest BCUT2D eigenvalue weighted by Crippen LogP contribution is -3.12. The Bertz CT molecular complexity index is 1030. The molecule has 0 saturated heterocycles. The average Bonchev–Trinajstić information content (AvgIpc) is 3.13. The average molecular weight is 421 g/mol. The molecule has 3 aromatic rings. The van der Waals surface area contributed by atoms with Gasteiger partial charge >= 0.3 is 0 Å². The van der Waals surface area contributed by atoms with Gasteiger partial charge in [-0.25, -0.2) is 9.97 Å². The fourth-order valence-electron chi connectivity index (χ4n) is 4.15. The molecule has 3 N–H and O–H groups in total. The molecule has 8 nitrogen and oxygen atoms in total. The zero-order valence-corrected chi connectivity index (χ0v) is 18.5. The molecular weight excluding hydrogens is 390 g/mol. The van der Waals surface area contributed by atoms with Gasteiger partial charge in [0.25, 0.3) is 0 Å². The van der Waals surface area contributed by atoms with Gasteiger partial charge in [-0.3, -0.25) is 0 Å². The van der Waals surface area contributed by atoms with Crippen molar-refractivity contribution >= 4 is 27.2 Å². The Morgan fingerprint density at radius 3 is 2.55 bits per heavy atom. The van der Waals surface area contributed by atoms with Crippen LogP contribution in [0.4, 0.5) is 0 Å². The van der Waals surface area contributed by atoms with Crippen LogP contribution in [0, 0.1) is 6.92 Å². The van der Waals surface area contributed by atoms with Crippen LogP contribution >= 0.6 is 11.3 Å². The van der Waals surface area contributed by atoms with Crippen molar-refractivity contribution in [3.05, 3.63) is 22.1 Å². The molecule has 1 aliphatic heterocycles. The number of fused-ring (bicyclic) bond motifs is 5. The fraction of sp³-hybridized carbons (Fsp3) is 0.650. The topological polar surface area (TPSA) is 97.2 Å². The molecule has 158 valence electrons. The van der Waals surface area contributed by atoms with Gasteiger partial charge in [0.05, 0.1) is 17.6 Å². The molecule has 4 rings (SSSR count). The summed E-state index contributed by atoms with van der Waals surface area (Å²) in [5, 5.41) is 25.4. The summed E-state index contributed by atoms with van der Waals surface area (Å²) >= 11 is 1.68. The van der Waals surface area contributed by atoms with Crippen LogP contribution in [-0.4, -0.2) is 60.7 Å². The predicted molar refractivity (Wildman–Crippen MR) is 111 cm³/mol. The monoisotopic (exact) mass is 420 g/mol. The number of aromatic nitrogens is 4. The number of aliphatic hydroxyl groups is 2. The molecule has 4 heterocycles. The van der Waals surface area contributed by atoms with Crippen LogP contribution in [0.25, 0.3) is 15.9 Å². The lowest BCUT2D eigenvalue weighted by molar-refractivity contribution is -0.920. The number of quaternary nitrogens is 1. The zero-order valence-electron chi connectivity index (χ0n) is 17.7. The van der Waals surface area contributed by atoms with Gasteiger partial charge in [0.1, 0.15) is 42.5 Å². The molecule has 9 heteroatoms. The van der Waals surface area contributed by atoms with E-state index in [1.165, 1.54) is 10.4 Å². The van der Waals surface area contributed by atoms with Gasteiger partial charge < -0.3 is 19.8 Å². The van der Waals surface area contributed by atoms with E-state index in [1.807, 2.05) is 11.4 Å². The van der Waals surface area contributed by atoms with Gasteiger partial charge in [-0.1, -0.05) is 0 Å². The number of aliphatic hydroxyl groups excluding tert-OH is 2. The molecule has 0 spiro atoms. The van der Waals surface area contributed by atoms with E-state index in [0.29, 0.717) is 32.1 Å². The number of rotatable bonds is 6. The van der Waals surface area contributed by atoms with Gasteiger partial charge in [-0.05, 0) is 40.2 Å². The maximum Gasteiger partial charge on any atom is 0.206 e. The van der Waals surface area contributed by atoms with Gasteiger partial charge in [0.2, 0.25) is 5.82 Å².